The van der Waals surface area contributed by atoms with Gasteiger partial charge in [-0.1, -0.05) is 5.16 Å². The van der Waals surface area contributed by atoms with Gasteiger partial charge >= 0.3 is 0 Å². The highest BCUT2D eigenvalue weighted by atomic mass is 32.2. The molecule has 0 aliphatic heterocycles. The molecule has 3 rings (SSSR count). The molecule has 8 heteroatoms. The quantitative estimate of drug-likeness (QED) is 0.832. The summed E-state index contributed by atoms with van der Waals surface area (Å²) in [5.41, 5.74) is -1.05. The fourth-order valence-electron chi connectivity index (χ4n) is 2.65. The van der Waals surface area contributed by atoms with Gasteiger partial charge in [0, 0.05) is 6.54 Å². The van der Waals surface area contributed by atoms with Crippen LogP contribution >= 0.6 is 0 Å². The molecule has 22 heavy (non-hydrogen) atoms. The van der Waals surface area contributed by atoms with E-state index in [0.717, 1.165) is 12.8 Å². The van der Waals surface area contributed by atoms with E-state index >= 15 is 0 Å². The first-order valence-corrected chi connectivity index (χ1v) is 8.52. The average molecular weight is 326 g/mol. The van der Waals surface area contributed by atoms with Crippen molar-refractivity contribution in [3.05, 3.63) is 35.6 Å². The van der Waals surface area contributed by atoms with E-state index in [0.29, 0.717) is 5.76 Å². The van der Waals surface area contributed by atoms with Crippen molar-refractivity contribution in [2.45, 2.75) is 37.2 Å². The second kappa shape index (κ2) is 5.22. The number of furan rings is 1. The summed E-state index contributed by atoms with van der Waals surface area (Å²) in [6.07, 6.45) is 3.14. The van der Waals surface area contributed by atoms with Crippen LogP contribution in [0.2, 0.25) is 0 Å². The van der Waals surface area contributed by atoms with E-state index in [1.54, 1.807) is 19.1 Å². The molecule has 1 saturated carbocycles. The van der Waals surface area contributed by atoms with Crippen LogP contribution in [0.3, 0.4) is 0 Å². The van der Waals surface area contributed by atoms with Crippen LogP contribution in [0.1, 0.15) is 30.1 Å². The molecule has 0 spiro atoms. The SMILES string of the molecule is Cc1noc(C)c1S(=O)(=O)NC[C@](O)(c1ccco1)C1CC1. The highest BCUT2D eigenvalue weighted by Crippen LogP contribution is 2.45. The number of aryl methyl sites for hydroxylation is 2. The number of hydrogen-bond donors (Lipinski definition) is 2. The molecule has 1 atom stereocenters. The summed E-state index contributed by atoms with van der Waals surface area (Å²) in [7, 11) is -3.82. The minimum absolute atomic E-state index is 0.00832. The van der Waals surface area contributed by atoms with Crippen molar-refractivity contribution in [3.8, 4) is 0 Å². The van der Waals surface area contributed by atoms with Crippen LogP contribution in [0.4, 0.5) is 0 Å². The van der Waals surface area contributed by atoms with Gasteiger partial charge in [-0.2, -0.15) is 0 Å². The Kier molecular flexibility index (Phi) is 3.62. The lowest BCUT2D eigenvalue weighted by atomic mass is 9.95. The Labute approximate surface area is 128 Å². The maximum atomic E-state index is 12.4. The Morgan fingerprint density at radius 3 is 2.68 bits per heavy atom. The van der Waals surface area contributed by atoms with Crippen molar-refractivity contribution in [2.75, 3.05) is 6.54 Å². The molecule has 120 valence electrons. The van der Waals surface area contributed by atoms with Crippen molar-refractivity contribution in [1.82, 2.24) is 9.88 Å². The Morgan fingerprint density at radius 2 is 2.18 bits per heavy atom. The summed E-state index contributed by atoms with van der Waals surface area (Å²) in [5, 5.41) is 14.5. The van der Waals surface area contributed by atoms with Crippen LogP contribution in [0.15, 0.2) is 32.2 Å². The topological polar surface area (TPSA) is 106 Å². The normalized spacial score (nSPS) is 18.3. The van der Waals surface area contributed by atoms with Gasteiger partial charge in [0.05, 0.1) is 6.26 Å². The molecule has 0 aromatic carbocycles. The third-order valence-corrected chi connectivity index (χ3v) is 5.61. The molecule has 7 nitrogen and oxygen atoms in total. The van der Waals surface area contributed by atoms with E-state index in [9.17, 15) is 13.5 Å². The highest BCUT2D eigenvalue weighted by Gasteiger charge is 2.48. The molecule has 0 bridgehead atoms. The first-order chi connectivity index (χ1) is 10.3. The molecule has 1 aliphatic carbocycles. The molecule has 2 heterocycles. The van der Waals surface area contributed by atoms with Crippen LogP contribution in [-0.4, -0.2) is 25.2 Å². The highest BCUT2D eigenvalue weighted by molar-refractivity contribution is 7.89. The van der Waals surface area contributed by atoms with E-state index in [-0.39, 0.29) is 28.8 Å². The van der Waals surface area contributed by atoms with Gasteiger partial charge < -0.3 is 14.0 Å². The van der Waals surface area contributed by atoms with Gasteiger partial charge in [0.2, 0.25) is 10.0 Å². The third-order valence-electron chi connectivity index (χ3n) is 3.97. The largest absolute Gasteiger partial charge is 0.466 e. The first kappa shape index (κ1) is 15.3. The van der Waals surface area contributed by atoms with Crippen molar-refractivity contribution in [3.63, 3.8) is 0 Å². The summed E-state index contributed by atoms with van der Waals surface area (Å²) < 4.78 is 37.5. The summed E-state index contributed by atoms with van der Waals surface area (Å²) in [4.78, 5) is 0.0186. The number of aromatic nitrogens is 1. The van der Waals surface area contributed by atoms with Gasteiger partial charge in [-0.3, -0.25) is 0 Å². The molecule has 1 fully saturated rings. The van der Waals surface area contributed by atoms with Crippen molar-refractivity contribution < 1.29 is 22.5 Å². The maximum absolute atomic E-state index is 12.4. The zero-order valence-corrected chi connectivity index (χ0v) is 13.2. The average Bonchev–Trinajstić information content (AvgIpc) is 3.06. The van der Waals surface area contributed by atoms with E-state index in [4.69, 9.17) is 8.94 Å². The van der Waals surface area contributed by atoms with Crippen LogP contribution in [-0.2, 0) is 15.6 Å². The maximum Gasteiger partial charge on any atom is 0.246 e. The molecule has 0 radical (unpaired) electrons. The van der Waals surface area contributed by atoms with Gasteiger partial charge in [0.1, 0.15) is 22.0 Å². The molecule has 0 amide bonds. The summed E-state index contributed by atoms with van der Waals surface area (Å²) in [5.74, 6) is 0.584. The zero-order valence-electron chi connectivity index (χ0n) is 12.4. The minimum Gasteiger partial charge on any atom is -0.466 e. The van der Waals surface area contributed by atoms with Crippen molar-refractivity contribution in [2.24, 2.45) is 5.92 Å². The Morgan fingerprint density at radius 1 is 1.45 bits per heavy atom. The van der Waals surface area contributed by atoms with E-state index in [1.807, 2.05) is 0 Å². The van der Waals surface area contributed by atoms with Crippen LogP contribution < -0.4 is 4.72 Å². The van der Waals surface area contributed by atoms with Gasteiger partial charge in [0.15, 0.2) is 5.76 Å². The zero-order chi connectivity index (χ0) is 16.0. The van der Waals surface area contributed by atoms with Crippen molar-refractivity contribution in [1.29, 1.82) is 0 Å². The lowest BCUT2D eigenvalue weighted by Crippen LogP contribution is -2.42. The molecular formula is C14H18N2O5S. The minimum atomic E-state index is -3.82. The number of rotatable bonds is 6. The first-order valence-electron chi connectivity index (χ1n) is 7.03. The summed E-state index contributed by atoms with van der Waals surface area (Å²) in [6, 6.07) is 3.33. The predicted octanol–water partition coefficient (Wildman–Crippen LogP) is 1.46. The van der Waals surface area contributed by atoms with Gasteiger partial charge in [0.25, 0.3) is 0 Å². The van der Waals surface area contributed by atoms with Crippen LogP contribution in [0, 0.1) is 19.8 Å². The van der Waals surface area contributed by atoms with Gasteiger partial charge in [-0.25, -0.2) is 13.1 Å². The van der Waals surface area contributed by atoms with E-state index < -0.39 is 15.6 Å². The fraction of sp³-hybridized carbons (Fsp3) is 0.500. The number of nitrogens with one attached hydrogen (secondary N) is 1. The third kappa shape index (κ3) is 2.57. The molecule has 0 unspecified atom stereocenters. The standard InChI is InChI=1S/C14H18N2O5S/c1-9-13(10(2)21-16-9)22(18,19)15-8-14(17,11-5-6-11)12-4-3-7-20-12/h3-4,7,11,15,17H,5-6,8H2,1-2H3/t14-/m1/s1. The van der Waals surface area contributed by atoms with Gasteiger partial charge in [-0.15, -0.1) is 0 Å². The predicted molar refractivity (Wildman–Crippen MR) is 76.5 cm³/mol. The van der Waals surface area contributed by atoms with Crippen molar-refractivity contribution >= 4 is 10.0 Å². The second-order valence-electron chi connectivity index (χ2n) is 5.65. The number of aliphatic hydroxyl groups is 1. The monoisotopic (exact) mass is 326 g/mol. The van der Waals surface area contributed by atoms with Gasteiger partial charge in [-0.05, 0) is 44.7 Å². The summed E-state index contributed by atoms with van der Waals surface area (Å²) in [6.45, 7) is 2.94. The molecule has 2 aromatic rings. The molecule has 2 N–H and O–H groups in total. The smallest absolute Gasteiger partial charge is 0.246 e. The van der Waals surface area contributed by atoms with Crippen LogP contribution in [0.25, 0.3) is 0 Å². The second-order valence-corrected chi connectivity index (χ2v) is 7.36. The number of hydrogen-bond acceptors (Lipinski definition) is 6. The summed E-state index contributed by atoms with van der Waals surface area (Å²) >= 11 is 0. The Balaban J connectivity index is 1.84. The molecular weight excluding hydrogens is 308 g/mol. The van der Waals surface area contributed by atoms with Crippen LogP contribution in [0.5, 0.6) is 0 Å². The Hall–Kier alpha value is -1.64. The lowest BCUT2D eigenvalue weighted by molar-refractivity contribution is -0.00225. The molecule has 2 aromatic heterocycles. The number of sulfonamides is 1. The lowest BCUT2D eigenvalue weighted by Gasteiger charge is -2.26. The van der Waals surface area contributed by atoms with E-state index in [1.165, 1.54) is 13.2 Å². The molecule has 0 saturated heterocycles. The Bertz CT molecular complexity index is 742. The number of nitrogens with zero attached hydrogens (tertiary/aromatic N) is 1. The van der Waals surface area contributed by atoms with E-state index in [2.05, 4.69) is 9.88 Å². The molecule has 1 aliphatic rings. The fourth-order valence-corrected chi connectivity index (χ4v) is 4.05.